The fourth-order valence-electron chi connectivity index (χ4n) is 4.93. The summed E-state index contributed by atoms with van der Waals surface area (Å²) in [4.78, 5) is 23.1. The van der Waals surface area contributed by atoms with Gasteiger partial charge in [0.2, 0.25) is 0 Å². The highest BCUT2D eigenvalue weighted by atomic mass is 16.6. The first-order chi connectivity index (χ1) is 9.94. The molecule has 0 aromatic heterocycles. The zero-order chi connectivity index (χ0) is 14.9. The van der Waals surface area contributed by atoms with Crippen LogP contribution >= 0.6 is 0 Å². The predicted molar refractivity (Wildman–Crippen MR) is 75.1 cm³/mol. The average Bonchev–Trinajstić information content (AvgIpc) is 3.14. The van der Waals surface area contributed by atoms with Crippen LogP contribution in [0.4, 0.5) is 0 Å². The van der Waals surface area contributed by atoms with Crippen molar-refractivity contribution in [3.63, 3.8) is 0 Å². The number of esters is 2. The first kappa shape index (κ1) is 13.1. The van der Waals surface area contributed by atoms with Crippen LogP contribution in [0.2, 0.25) is 0 Å². The van der Waals surface area contributed by atoms with Gasteiger partial charge in [0, 0.05) is 17.9 Å². The van der Waals surface area contributed by atoms with Crippen LogP contribution in [0.25, 0.3) is 0 Å². The van der Waals surface area contributed by atoms with Crippen LogP contribution in [0, 0.1) is 23.2 Å². The summed E-state index contributed by atoms with van der Waals surface area (Å²) < 4.78 is 10.9. The third kappa shape index (κ3) is 1.62. The molecule has 0 spiro atoms. The Morgan fingerprint density at radius 1 is 1.52 bits per heavy atom. The molecule has 0 saturated heterocycles. The van der Waals surface area contributed by atoms with Crippen LogP contribution in [-0.2, 0) is 19.1 Å². The van der Waals surface area contributed by atoms with Crippen molar-refractivity contribution in [1.29, 1.82) is 0 Å². The maximum atomic E-state index is 11.8. The maximum absolute atomic E-state index is 11.8. The average molecular weight is 288 g/mol. The largest absolute Gasteiger partial charge is 0.465 e. The first-order valence-corrected chi connectivity index (χ1v) is 7.66. The summed E-state index contributed by atoms with van der Waals surface area (Å²) in [7, 11) is 0. The lowest BCUT2D eigenvalue weighted by atomic mass is 9.62. The molecule has 3 aliphatic carbocycles. The second-order valence-electron chi connectivity index (χ2n) is 7.04. The molecule has 0 amide bonds. The smallest absolute Gasteiger partial charge is 0.334 e. The summed E-state index contributed by atoms with van der Waals surface area (Å²) in [5.41, 5.74) is 3.15. The van der Waals surface area contributed by atoms with E-state index in [1.165, 1.54) is 12.5 Å². The van der Waals surface area contributed by atoms with Gasteiger partial charge in [-0.05, 0) is 49.5 Å². The number of allylic oxidation sites excluding steroid dienone is 1. The number of carbonyl (C=O) groups excluding carboxylic acids is 2. The summed E-state index contributed by atoms with van der Waals surface area (Å²) >= 11 is 0. The van der Waals surface area contributed by atoms with Gasteiger partial charge < -0.3 is 9.47 Å². The molecule has 4 heteroatoms. The molecule has 0 radical (unpaired) electrons. The maximum Gasteiger partial charge on any atom is 0.334 e. The van der Waals surface area contributed by atoms with Gasteiger partial charge in [-0.15, -0.1) is 0 Å². The minimum atomic E-state index is -0.237. The Bertz CT molecular complexity index is 602. The number of fused-ring (bicyclic) bond motifs is 4. The van der Waals surface area contributed by atoms with E-state index in [-0.39, 0.29) is 23.5 Å². The number of hydrogen-bond acceptors (Lipinski definition) is 4. The van der Waals surface area contributed by atoms with Gasteiger partial charge in [-0.25, -0.2) is 4.79 Å². The number of rotatable bonds is 2. The molecule has 0 aromatic rings. The molecular weight excluding hydrogens is 268 g/mol. The highest BCUT2D eigenvalue weighted by Crippen LogP contribution is 2.72. The van der Waals surface area contributed by atoms with E-state index in [0.717, 1.165) is 30.4 Å². The van der Waals surface area contributed by atoms with Gasteiger partial charge in [0.05, 0.1) is 6.61 Å². The highest BCUT2D eigenvalue weighted by molar-refractivity contribution is 5.91. The minimum Gasteiger partial charge on any atom is -0.465 e. The van der Waals surface area contributed by atoms with Crippen LogP contribution in [0.1, 0.15) is 33.1 Å². The molecule has 0 bridgehead atoms. The third-order valence-corrected chi connectivity index (χ3v) is 6.11. The lowest BCUT2D eigenvalue weighted by Gasteiger charge is -2.44. The van der Waals surface area contributed by atoms with Crippen molar-refractivity contribution in [3.8, 4) is 0 Å². The van der Waals surface area contributed by atoms with Crippen LogP contribution in [-0.4, -0.2) is 24.6 Å². The van der Waals surface area contributed by atoms with Crippen LogP contribution < -0.4 is 0 Å². The molecule has 4 rings (SSSR count). The Hall–Kier alpha value is -1.58. The fraction of sp³-hybridized carbons (Fsp3) is 0.647. The highest BCUT2D eigenvalue weighted by Gasteiger charge is 2.68. The van der Waals surface area contributed by atoms with Crippen LogP contribution in [0.3, 0.4) is 0 Å². The Morgan fingerprint density at radius 2 is 2.29 bits per heavy atom. The Morgan fingerprint density at radius 3 is 3.00 bits per heavy atom. The number of ether oxygens (including phenoxy) is 2. The van der Waals surface area contributed by atoms with Crippen molar-refractivity contribution in [2.24, 2.45) is 23.2 Å². The van der Waals surface area contributed by atoms with Crippen molar-refractivity contribution < 1.29 is 19.1 Å². The van der Waals surface area contributed by atoms with Gasteiger partial charge in [-0.2, -0.15) is 0 Å². The molecule has 0 N–H and O–H groups in total. The molecule has 0 unspecified atom stereocenters. The van der Waals surface area contributed by atoms with Crippen LogP contribution in [0.15, 0.2) is 23.3 Å². The molecule has 3 fully saturated rings. The molecule has 4 aliphatic rings. The van der Waals surface area contributed by atoms with E-state index in [2.05, 4.69) is 6.58 Å². The van der Waals surface area contributed by atoms with Crippen molar-refractivity contribution in [2.75, 3.05) is 6.61 Å². The molecule has 3 saturated carbocycles. The summed E-state index contributed by atoms with van der Waals surface area (Å²) in [6.07, 6.45) is 2.66. The first-order valence-electron chi connectivity index (χ1n) is 7.66. The van der Waals surface area contributed by atoms with E-state index in [4.69, 9.17) is 9.47 Å². The summed E-state index contributed by atoms with van der Waals surface area (Å²) in [5.74, 6) is 1.04. The number of carbonyl (C=O) groups is 2. The lowest BCUT2D eigenvalue weighted by molar-refractivity contribution is -0.151. The molecule has 21 heavy (non-hydrogen) atoms. The van der Waals surface area contributed by atoms with Gasteiger partial charge in [0.15, 0.2) is 0 Å². The molecule has 5 atom stereocenters. The van der Waals surface area contributed by atoms with E-state index in [1.807, 2.05) is 6.92 Å². The van der Waals surface area contributed by atoms with Gasteiger partial charge in [-0.1, -0.05) is 12.2 Å². The summed E-state index contributed by atoms with van der Waals surface area (Å²) in [6, 6.07) is 0. The lowest BCUT2D eigenvalue weighted by Crippen LogP contribution is -2.43. The van der Waals surface area contributed by atoms with Gasteiger partial charge >= 0.3 is 11.9 Å². The van der Waals surface area contributed by atoms with Crippen molar-refractivity contribution in [2.45, 2.75) is 39.2 Å². The van der Waals surface area contributed by atoms with Crippen molar-refractivity contribution in [1.82, 2.24) is 0 Å². The zero-order valence-corrected chi connectivity index (χ0v) is 12.5. The van der Waals surface area contributed by atoms with E-state index in [1.54, 1.807) is 0 Å². The Kier molecular flexibility index (Phi) is 2.49. The normalized spacial score (nSPS) is 43.1. The van der Waals surface area contributed by atoms with E-state index >= 15 is 0 Å². The molecule has 4 nitrogen and oxygen atoms in total. The summed E-state index contributed by atoms with van der Waals surface area (Å²) in [5, 5.41) is 0. The SMILES string of the molecule is C=C1[C@H]2C[C@H]2[C@]2(COC(C)=O)C[C@@H]3OC(=O)C(C)=C3C[C@@H]12. The Labute approximate surface area is 124 Å². The predicted octanol–water partition coefficient (Wildman–Crippen LogP) is 2.39. The third-order valence-electron chi connectivity index (χ3n) is 6.11. The monoisotopic (exact) mass is 288 g/mol. The number of hydrogen-bond donors (Lipinski definition) is 0. The van der Waals surface area contributed by atoms with Crippen molar-refractivity contribution >= 4 is 11.9 Å². The molecule has 1 aliphatic heterocycles. The molecule has 112 valence electrons. The topological polar surface area (TPSA) is 52.6 Å². The van der Waals surface area contributed by atoms with E-state index < -0.39 is 0 Å². The van der Waals surface area contributed by atoms with Crippen LogP contribution in [0.5, 0.6) is 0 Å². The van der Waals surface area contributed by atoms with E-state index in [0.29, 0.717) is 24.4 Å². The molecule has 1 heterocycles. The fourth-order valence-corrected chi connectivity index (χ4v) is 4.93. The second-order valence-corrected chi connectivity index (χ2v) is 7.04. The summed E-state index contributed by atoms with van der Waals surface area (Å²) in [6.45, 7) is 8.05. The quantitative estimate of drug-likeness (QED) is 0.578. The van der Waals surface area contributed by atoms with Gasteiger partial charge in [0.25, 0.3) is 0 Å². The Balaban J connectivity index is 1.69. The molecular formula is C17H20O4. The van der Waals surface area contributed by atoms with Gasteiger partial charge in [-0.3, -0.25) is 4.79 Å². The second kappa shape index (κ2) is 3.99. The van der Waals surface area contributed by atoms with Gasteiger partial charge in [0.1, 0.15) is 6.10 Å². The molecule has 0 aromatic carbocycles. The zero-order valence-electron chi connectivity index (χ0n) is 12.5. The van der Waals surface area contributed by atoms with Crippen molar-refractivity contribution in [3.05, 3.63) is 23.3 Å². The minimum absolute atomic E-state index is 0.0630. The standard InChI is InChI=1S/C17H20O4/c1-8-11-4-14(11)17(7-20-10(3)18)6-15-12(5-13(8)17)9(2)16(19)21-15/h11,13-15H,1,4-7H2,2-3H3/t11-,13+,14-,15+,17+/m1/s1. The van der Waals surface area contributed by atoms with E-state index in [9.17, 15) is 9.59 Å².